The van der Waals surface area contributed by atoms with E-state index >= 15 is 0 Å². The topological polar surface area (TPSA) is 156 Å². The zero-order valence-electron chi connectivity index (χ0n) is 14.7. The molecule has 1 aromatic carbocycles. The number of aliphatic hydroxyl groups is 1. The molecule has 0 unspecified atom stereocenters. The Morgan fingerprint density at radius 3 is 2.78 bits per heavy atom. The molecule has 0 saturated heterocycles. The standard InChI is InChI=1S/C18H20N4O5/c1-10-2-4-14-13(6-10)11(8-20-14)7-16(24)17(25)22-15(18(26)27)5-3-12(23)9-21-19/h2,4,6,8-9,15-16,20,24H,3,5,7H2,1H3,(H,22,25)(H,26,27)/t15-,16-/m0/s1. The Bertz CT molecular complexity index is 914. The first-order valence-electron chi connectivity index (χ1n) is 8.30. The van der Waals surface area contributed by atoms with Crippen LogP contribution in [0.2, 0.25) is 0 Å². The summed E-state index contributed by atoms with van der Waals surface area (Å²) >= 11 is 0. The summed E-state index contributed by atoms with van der Waals surface area (Å²) in [6, 6.07) is 4.42. The van der Waals surface area contributed by atoms with Crippen molar-refractivity contribution in [3.05, 3.63) is 41.1 Å². The second kappa shape index (κ2) is 8.88. The number of amides is 1. The summed E-state index contributed by atoms with van der Waals surface area (Å²) in [6.07, 6.45) is 0.513. The number of aryl methyl sites for hydroxylation is 1. The number of carbonyl (C=O) groups excluding carboxylic acids is 2. The molecule has 1 heterocycles. The first-order chi connectivity index (χ1) is 12.8. The fraction of sp³-hybridized carbons (Fsp3) is 0.333. The number of carboxylic acid groups (broad SMARTS) is 1. The SMILES string of the molecule is Cc1ccc2[nH]cc(C[C@H](O)C(=O)N[C@@H](CCC(=O)C=[N+]=[N-])C(=O)O)c2c1. The molecule has 0 spiro atoms. The van der Waals surface area contributed by atoms with Crippen molar-refractivity contribution in [2.45, 2.75) is 38.3 Å². The number of H-pyrrole nitrogens is 1. The number of aliphatic carboxylic acids is 1. The van der Waals surface area contributed by atoms with Gasteiger partial charge < -0.3 is 26.0 Å². The zero-order chi connectivity index (χ0) is 20.0. The van der Waals surface area contributed by atoms with Crippen LogP contribution in [0, 0.1) is 6.92 Å². The molecule has 2 atom stereocenters. The van der Waals surface area contributed by atoms with Crippen LogP contribution in [0.3, 0.4) is 0 Å². The maximum Gasteiger partial charge on any atom is 0.326 e. The molecule has 2 rings (SSSR count). The maximum absolute atomic E-state index is 12.2. The Balaban J connectivity index is 2.01. The average molecular weight is 372 g/mol. The number of aromatic nitrogens is 1. The molecule has 142 valence electrons. The fourth-order valence-corrected chi connectivity index (χ4v) is 2.70. The Morgan fingerprint density at radius 1 is 1.37 bits per heavy atom. The highest BCUT2D eigenvalue weighted by atomic mass is 16.4. The summed E-state index contributed by atoms with van der Waals surface area (Å²) in [6.45, 7) is 1.93. The summed E-state index contributed by atoms with van der Waals surface area (Å²) < 4.78 is 0. The van der Waals surface area contributed by atoms with Gasteiger partial charge in [0.2, 0.25) is 11.7 Å². The molecule has 4 N–H and O–H groups in total. The molecule has 27 heavy (non-hydrogen) atoms. The second-order valence-corrected chi connectivity index (χ2v) is 6.23. The van der Waals surface area contributed by atoms with Crippen molar-refractivity contribution in [3.8, 4) is 0 Å². The van der Waals surface area contributed by atoms with Crippen LogP contribution in [0.4, 0.5) is 0 Å². The van der Waals surface area contributed by atoms with Gasteiger partial charge in [0.15, 0.2) is 0 Å². The first kappa shape index (κ1) is 20.0. The lowest BCUT2D eigenvalue weighted by Crippen LogP contribution is -2.46. The van der Waals surface area contributed by atoms with Gasteiger partial charge >= 0.3 is 12.2 Å². The molecule has 0 aliphatic carbocycles. The summed E-state index contributed by atoms with van der Waals surface area (Å²) in [5.41, 5.74) is 10.9. The van der Waals surface area contributed by atoms with Crippen LogP contribution in [0.25, 0.3) is 16.4 Å². The molecule has 0 aliphatic rings. The molecular formula is C18H20N4O5. The van der Waals surface area contributed by atoms with E-state index in [0.717, 1.165) is 22.0 Å². The third-order valence-corrected chi connectivity index (χ3v) is 4.13. The molecule has 2 aromatic rings. The van der Waals surface area contributed by atoms with Crippen LogP contribution in [0.5, 0.6) is 0 Å². The normalized spacial score (nSPS) is 12.8. The molecule has 0 aliphatic heterocycles. The van der Waals surface area contributed by atoms with Gasteiger partial charge in [-0.15, -0.1) is 0 Å². The molecule has 9 nitrogen and oxygen atoms in total. The van der Waals surface area contributed by atoms with E-state index in [1.54, 1.807) is 6.20 Å². The number of hydrogen-bond donors (Lipinski definition) is 4. The third kappa shape index (κ3) is 5.34. The van der Waals surface area contributed by atoms with E-state index in [4.69, 9.17) is 5.53 Å². The monoisotopic (exact) mass is 372 g/mol. The minimum atomic E-state index is -1.44. The zero-order valence-corrected chi connectivity index (χ0v) is 14.7. The molecule has 1 aromatic heterocycles. The van der Waals surface area contributed by atoms with Crippen LogP contribution in [-0.2, 0) is 20.8 Å². The summed E-state index contributed by atoms with van der Waals surface area (Å²) in [7, 11) is 0. The van der Waals surface area contributed by atoms with Gasteiger partial charge in [0.1, 0.15) is 12.1 Å². The van der Waals surface area contributed by atoms with Gasteiger partial charge in [-0.25, -0.2) is 4.79 Å². The molecule has 0 fully saturated rings. The van der Waals surface area contributed by atoms with Crippen molar-refractivity contribution < 1.29 is 29.4 Å². The van der Waals surface area contributed by atoms with Crippen molar-refractivity contribution >= 4 is 34.8 Å². The predicted molar refractivity (Wildman–Crippen MR) is 96.2 cm³/mol. The van der Waals surface area contributed by atoms with Gasteiger partial charge in [-0.1, -0.05) is 11.6 Å². The third-order valence-electron chi connectivity index (χ3n) is 4.13. The molecular weight excluding hydrogens is 352 g/mol. The minimum Gasteiger partial charge on any atom is -0.480 e. The lowest BCUT2D eigenvalue weighted by molar-refractivity contribution is -0.143. The Kier molecular flexibility index (Phi) is 6.59. The summed E-state index contributed by atoms with van der Waals surface area (Å²) in [5, 5.41) is 22.5. The van der Waals surface area contributed by atoms with E-state index < -0.39 is 29.8 Å². The number of aromatic amines is 1. The van der Waals surface area contributed by atoms with Gasteiger partial charge in [-0.2, -0.15) is 4.79 Å². The maximum atomic E-state index is 12.2. The lowest BCUT2D eigenvalue weighted by Gasteiger charge is -2.16. The second-order valence-electron chi connectivity index (χ2n) is 6.23. The molecule has 0 radical (unpaired) electrons. The molecule has 0 bridgehead atoms. The number of benzene rings is 1. The van der Waals surface area contributed by atoms with E-state index in [2.05, 4.69) is 15.1 Å². The van der Waals surface area contributed by atoms with Crippen molar-refractivity contribution in [2.75, 3.05) is 0 Å². The number of nitrogens with one attached hydrogen (secondary N) is 2. The highest BCUT2D eigenvalue weighted by molar-refractivity contribution is 6.25. The highest BCUT2D eigenvalue weighted by Crippen LogP contribution is 2.21. The van der Waals surface area contributed by atoms with E-state index in [-0.39, 0.29) is 19.3 Å². The largest absolute Gasteiger partial charge is 0.480 e. The van der Waals surface area contributed by atoms with Crippen molar-refractivity contribution in [1.82, 2.24) is 10.3 Å². The smallest absolute Gasteiger partial charge is 0.326 e. The summed E-state index contributed by atoms with van der Waals surface area (Å²) in [4.78, 5) is 40.3. The number of carboxylic acids is 1. The molecule has 1 amide bonds. The first-order valence-corrected chi connectivity index (χ1v) is 8.30. The number of ketones is 1. The highest BCUT2D eigenvalue weighted by Gasteiger charge is 2.25. The van der Waals surface area contributed by atoms with Gasteiger partial charge in [0.25, 0.3) is 0 Å². The number of fused-ring (bicyclic) bond motifs is 1. The van der Waals surface area contributed by atoms with Crippen LogP contribution in [-0.4, -0.2) is 56.0 Å². The quantitative estimate of drug-likeness (QED) is 0.288. The minimum absolute atomic E-state index is 0.0116. The molecule has 9 heteroatoms. The van der Waals surface area contributed by atoms with Gasteiger partial charge in [-0.05, 0) is 31.0 Å². The van der Waals surface area contributed by atoms with Gasteiger partial charge in [-0.3, -0.25) is 9.59 Å². The van der Waals surface area contributed by atoms with Gasteiger partial charge in [0, 0.05) is 29.9 Å². The van der Waals surface area contributed by atoms with Crippen LogP contribution < -0.4 is 5.32 Å². The number of rotatable bonds is 9. The van der Waals surface area contributed by atoms with Crippen molar-refractivity contribution in [1.29, 1.82) is 0 Å². The Labute approximate surface area is 154 Å². The number of Topliss-reactive ketones (excluding diaryl/α,β-unsaturated/α-hetero) is 1. The Hall–Kier alpha value is -3.29. The number of aliphatic hydroxyl groups excluding tert-OH is 1. The van der Waals surface area contributed by atoms with Crippen LogP contribution >= 0.6 is 0 Å². The van der Waals surface area contributed by atoms with E-state index in [1.165, 1.54) is 0 Å². The van der Waals surface area contributed by atoms with Crippen LogP contribution in [0.15, 0.2) is 24.4 Å². The van der Waals surface area contributed by atoms with Gasteiger partial charge in [0.05, 0.1) is 0 Å². The van der Waals surface area contributed by atoms with Crippen molar-refractivity contribution in [2.24, 2.45) is 0 Å². The average Bonchev–Trinajstić information content (AvgIpc) is 3.00. The number of carbonyl (C=O) groups is 3. The van der Waals surface area contributed by atoms with E-state index in [1.807, 2.05) is 25.1 Å². The number of hydrogen-bond acceptors (Lipinski definition) is 4. The van der Waals surface area contributed by atoms with E-state index in [0.29, 0.717) is 6.21 Å². The Morgan fingerprint density at radius 2 is 2.11 bits per heavy atom. The van der Waals surface area contributed by atoms with Crippen molar-refractivity contribution in [3.63, 3.8) is 0 Å². The summed E-state index contributed by atoms with van der Waals surface area (Å²) in [5.74, 6) is -2.74. The lowest BCUT2D eigenvalue weighted by atomic mass is 10.0. The van der Waals surface area contributed by atoms with E-state index in [9.17, 15) is 24.6 Å². The predicted octanol–water partition coefficient (Wildman–Crippen LogP) is 0.599. The number of nitrogens with zero attached hydrogens (tertiary/aromatic N) is 2. The molecule has 0 saturated carbocycles. The van der Waals surface area contributed by atoms with Crippen LogP contribution in [0.1, 0.15) is 24.0 Å². The fourth-order valence-electron chi connectivity index (χ4n) is 2.70.